The zero-order valence-electron chi connectivity index (χ0n) is 12.5. The van der Waals surface area contributed by atoms with Crippen molar-refractivity contribution in [3.8, 4) is 11.1 Å². The summed E-state index contributed by atoms with van der Waals surface area (Å²) in [6, 6.07) is 11.7. The Hall–Kier alpha value is -1.85. The molecule has 0 saturated heterocycles. The Morgan fingerprint density at radius 1 is 1.17 bits per heavy atom. The van der Waals surface area contributed by atoms with Crippen molar-refractivity contribution >= 4 is 17.7 Å². The van der Waals surface area contributed by atoms with Crippen molar-refractivity contribution in [2.24, 2.45) is 0 Å². The van der Waals surface area contributed by atoms with E-state index < -0.39 is 10.7 Å². The van der Waals surface area contributed by atoms with Gasteiger partial charge in [0.25, 0.3) is 0 Å². The molecule has 2 aromatic carbocycles. The van der Waals surface area contributed by atoms with Crippen molar-refractivity contribution in [1.82, 2.24) is 0 Å². The van der Waals surface area contributed by atoms with Crippen LogP contribution in [0.15, 0.2) is 47.4 Å². The number of carbonyl (C=O) groups is 1. The van der Waals surface area contributed by atoms with Crippen LogP contribution in [0.2, 0.25) is 0 Å². The van der Waals surface area contributed by atoms with Crippen molar-refractivity contribution in [2.75, 3.05) is 0 Å². The Bertz CT molecular complexity index is 724. The average molecular weight is 332 g/mol. The highest BCUT2D eigenvalue weighted by Gasteiger charge is 2.45. The summed E-state index contributed by atoms with van der Waals surface area (Å²) in [4.78, 5) is 12.4. The third-order valence-electron chi connectivity index (χ3n) is 4.25. The highest BCUT2D eigenvalue weighted by Crippen LogP contribution is 2.50. The summed E-state index contributed by atoms with van der Waals surface area (Å²) >= 11 is 1.31. The lowest BCUT2D eigenvalue weighted by molar-refractivity contribution is -0.142. The molecule has 1 fully saturated rings. The Labute approximate surface area is 138 Å². The smallest absolute Gasteiger partial charge is 0.320 e. The summed E-state index contributed by atoms with van der Waals surface area (Å²) in [5, 5.41) is 18.6. The first-order valence-electron chi connectivity index (χ1n) is 7.46. The lowest BCUT2D eigenvalue weighted by atomic mass is 9.84. The van der Waals surface area contributed by atoms with Crippen molar-refractivity contribution in [3.63, 3.8) is 0 Å². The van der Waals surface area contributed by atoms with Gasteiger partial charge in [-0.2, -0.15) is 0 Å². The summed E-state index contributed by atoms with van der Waals surface area (Å²) in [6.07, 6.45) is 2.17. The van der Waals surface area contributed by atoms with Gasteiger partial charge >= 0.3 is 5.97 Å². The molecule has 120 valence electrons. The van der Waals surface area contributed by atoms with Crippen molar-refractivity contribution < 1.29 is 19.4 Å². The normalized spacial score (nSPS) is 15.9. The number of aliphatic hydroxyl groups excluding tert-OH is 1. The topological polar surface area (TPSA) is 57.5 Å². The third kappa shape index (κ3) is 3.12. The molecule has 3 nitrogen and oxygen atoms in total. The van der Waals surface area contributed by atoms with E-state index in [9.17, 15) is 14.3 Å². The number of rotatable bonds is 5. The number of aliphatic hydroxyl groups is 1. The monoisotopic (exact) mass is 332 g/mol. The van der Waals surface area contributed by atoms with Crippen LogP contribution >= 0.6 is 11.8 Å². The molecule has 0 heterocycles. The largest absolute Gasteiger partial charge is 0.480 e. The van der Waals surface area contributed by atoms with Crippen LogP contribution in [0.5, 0.6) is 0 Å². The Morgan fingerprint density at radius 2 is 1.87 bits per heavy atom. The van der Waals surface area contributed by atoms with Crippen LogP contribution in [0.3, 0.4) is 0 Å². The fraction of sp³-hybridized carbons (Fsp3) is 0.278. The molecule has 0 unspecified atom stereocenters. The van der Waals surface area contributed by atoms with Crippen LogP contribution in [0.4, 0.5) is 4.39 Å². The van der Waals surface area contributed by atoms with Crippen molar-refractivity contribution in [1.29, 1.82) is 0 Å². The number of aliphatic carboxylic acids is 1. The van der Waals surface area contributed by atoms with Crippen molar-refractivity contribution in [3.05, 3.63) is 53.8 Å². The molecule has 0 spiro atoms. The van der Waals surface area contributed by atoms with Gasteiger partial charge in [-0.1, -0.05) is 24.3 Å². The number of thioether (sulfide) groups is 1. The highest BCUT2D eigenvalue weighted by molar-refractivity contribution is 8.01. The summed E-state index contributed by atoms with van der Waals surface area (Å²) in [7, 11) is 0. The standard InChI is InChI=1S/C18H17FO3S/c19-14-6-7-16(23-18(17(21)22)8-1-9-18)15(10-14)13-4-2-12(11-20)3-5-13/h2-7,10,20H,1,8-9,11H2,(H,21,22). The number of benzene rings is 2. The van der Waals surface area contributed by atoms with E-state index >= 15 is 0 Å². The lowest BCUT2D eigenvalue weighted by Crippen LogP contribution is -2.41. The quantitative estimate of drug-likeness (QED) is 0.866. The first-order chi connectivity index (χ1) is 11.0. The van der Waals surface area contributed by atoms with E-state index in [0.717, 1.165) is 22.4 Å². The van der Waals surface area contributed by atoms with Gasteiger partial charge in [0.1, 0.15) is 10.6 Å². The van der Waals surface area contributed by atoms with Crippen LogP contribution in [0.25, 0.3) is 11.1 Å². The van der Waals surface area contributed by atoms with Gasteiger partial charge in [0.2, 0.25) is 0 Å². The molecule has 1 aliphatic carbocycles. The first-order valence-corrected chi connectivity index (χ1v) is 8.28. The maximum atomic E-state index is 13.7. The number of carboxylic acids is 1. The van der Waals surface area contributed by atoms with Gasteiger partial charge in [0.05, 0.1) is 6.61 Å². The van der Waals surface area contributed by atoms with E-state index in [1.807, 2.05) is 12.1 Å². The van der Waals surface area contributed by atoms with Gasteiger partial charge in [-0.05, 0) is 54.2 Å². The predicted molar refractivity (Wildman–Crippen MR) is 87.8 cm³/mol. The molecule has 0 aliphatic heterocycles. The van der Waals surface area contributed by atoms with Gasteiger partial charge in [-0.25, -0.2) is 4.39 Å². The fourth-order valence-corrected chi connectivity index (χ4v) is 4.10. The molecule has 0 bridgehead atoms. The molecular formula is C18H17FO3S. The van der Waals surface area contributed by atoms with Crippen LogP contribution in [-0.4, -0.2) is 20.9 Å². The summed E-state index contributed by atoms with van der Waals surface area (Å²) in [6.45, 7) is -0.0484. The number of halogens is 1. The Morgan fingerprint density at radius 3 is 2.39 bits per heavy atom. The highest BCUT2D eigenvalue weighted by atomic mass is 32.2. The van der Waals surface area contributed by atoms with Gasteiger partial charge < -0.3 is 10.2 Å². The second kappa shape index (κ2) is 6.34. The minimum absolute atomic E-state index is 0.0484. The van der Waals surface area contributed by atoms with Gasteiger partial charge in [-0.15, -0.1) is 11.8 Å². The summed E-state index contributed by atoms with van der Waals surface area (Å²) in [5.41, 5.74) is 2.27. The van der Waals surface area contributed by atoms with Crippen LogP contribution in [-0.2, 0) is 11.4 Å². The summed E-state index contributed by atoms with van der Waals surface area (Å²) in [5.74, 6) is -1.16. The molecule has 0 radical (unpaired) electrons. The molecule has 23 heavy (non-hydrogen) atoms. The molecule has 0 amide bonds. The van der Waals surface area contributed by atoms with E-state index in [1.165, 1.54) is 23.9 Å². The maximum Gasteiger partial charge on any atom is 0.320 e. The molecule has 1 saturated carbocycles. The number of hydrogen-bond acceptors (Lipinski definition) is 3. The van der Waals surface area contributed by atoms with E-state index in [1.54, 1.807) is 18.2 Å². The summed E-state index contributed by atoms with van der Waals surface area (Å²) < 4.78 is 12.9. The van der Waals surface area contributed by atoms with Gasteiger partial charge in [0, 0.05) is 4.90 Å². The average Bonchev–Trinajstić information content (AvgIpc) is 2.51. The van der Waals surface area contributed by atoms with Crippen LogP contribution in [0.1, 0.15) is 24.8 Å². The van der Waals surface area contributed by atoms with Gasteiger partial charge in [-0.3, -0.25) is 4.79 Å². The predicted octanol–water partition coefficient (Wildman–Crippen LogP) is 4.08. The third-order valence-corrected chi connectivity index (χ3v) is 5.79. The molecular weight excluding hydrogens is 315 g/mol. The van der Waals surface area contributed by atoms with Crippen LogP contribution < -0.4 is 0 Å². The maximum absolute atomic E-state index is 13.7. The van der Waals surface area contributed by atoms with E-state index in [4.69, 9.17) is 5.11 Å². The van der Waals surface area contributed by atoms with Crippen LogP contribution in [0, 0.1) is 5.82 Å². The second-order valence-electron chi connectivity index (χ2n) is 5.75. The number of hydrogen-bond donors (Lipinski definition) is 2. The SMILES string of the molecule is O=C(O)C1(Sc2ccc(F)cc2-c2ccc(CO)cc2)CCC1. The molecule has 5 heteroatoms. The minimum Gasteiger partial charge on any atom is -0.480 e. The Balaban J connectivity index is 1.99. The van der Waals surface area contributed by atoms with Crippen molar-refractivity contribution in [2.45, 2.75) is 35.5 Å². The fourth-order valence-electron chi connectivity index (χ4n) is 2.67. The van der Waals surface area contributed by atoms with Gasteiger partial charge in [0.15, 0.2) is 0 Å². The molecule has 2 aromatic rings. The number of carboxylic acid groups (broad SMARTS) is 1. The molecule has 2 N–H and O–H groups in total. The lowest BCUT2D eigenvalue weighted by Gasteiger charge is -2.37. The first kappa shape index (κ1) is 16.0. The molecule has 0 aromatic heterocycles. The Kier molecular flexibility index (Phi) is 4.41. The molecule has 3 rings (SSSR count). The zero-order chi connectivity index (χ0) is 16.4. The molecule has 1 aliphatic rings. The van der Waals surface area contributed by atoms with E-state index in [2.05, 4.69) is 0 Å². The molecule has 0 atom stereocenters. The second-order valence-corrected chi connectivity index (χ2v) is 7.18. The van der Waals surface area contributed by atoms with E-state index in [0.29, 0.717) is 18.4 Å². The van der Waals surface area contributed by atoms with E-state index in [-0.39, 0.29) is 12.4 Å². The zero-order valence-corrected chi connectivity index (χ0v) is 13.3. The minimum atomic E-state index is -0.806.